The van der Waals surface area contributed by atoms with Crippen molar-refractivity contribution in [2.45, 2.75) is 26.1 Å². The van der Waals surface area contributed by atoms with Gasteiger partial charge in [0.2, 0.25) is 5.69 Å². The highest BCUT2D eigenvalue weighted by Crippen LogP contribution is 2.32. The monoisotopic (exact) mass is 223 g/mol. The molecule has 8 heteroatoms. The first-order valence-electron chi connectivity index (χ1n) is 4.00. The van der Waals surface area contributed by atoms with Gasteiger partial charge >= 0.3 is 12.1 Å². The fourth-order valence-corrected chi connectivity index (χ4v) is 1.06. The molecule has 0 aliphatic heterocycles. The molecule has 0 unspecified atom stereocenters. The third-order valence-electron chi connectivity index (χ3n) is 1.65. The zero-order chi connectivity index (χ0) is 11.8. The van der Waals surface area contributed by atoms with Crippen LogP contribution in [0.25, 0.3) is 0 Å². The second-order valence-corrected chi connectivity index (χ2v) is 3.13. The molecule has 5 nitrogen and oxygen atoms in total. The molecule has 1 rings (SSSR count). The number of rotatable bonds is 2. The summed E-state index contributed by atoms with van der Waals surface area (Å²) in [7, 11) is 0. The Kier molecular flexibility index (Phi) is 2.69. The Morgan fingerprint density at radius 3 is 2.33 bits per heavy atom. The third kappa shape index (κ3) is 2.08. The largest absolute Gasteiger partial charge is 0.476 e. The highest BCUT2D eigenvalue weighted by Gasteiger charge is 2.42. The van der Waals surface area contributed by atoms with E-state index >= 15 is 0 Å². The summed E-state index contributed by atoms with van der Waals surface area (Å²) >= 11 is 0. The van der Waals surface area contributed by atoms with E-state index in [4.69, 9.17) is 5.11 Å². The number of carbonyl (C=O) groups is 1. The van der Waals surface area contributed by atoms with Crippen LogP contribution in [0, 0.1) is 0 Å². The van der Waals surface area contributed by atoms with Gasteiger partial charge in [-0.3, -0.25) is 0 Å². The maximum absolute atomic E-state index is 12.5. The molecule has 1 aromatic rings. The molecule has 1 N–H and O–H groups in total. The molecule has 0 atom stereocenters. The smallest absolute Gasteiger partial charge is 0.435 e. The van der Waals surface area contributed by atoms with E-state index in [1.54, 1.807) is 0 Å². The molecular formula is C7H8F3N3O2. The van der Waals surface area contributed by atoms with Gasteiger partial charge in [0.05, 0.1) is 0 Å². The molecule has 0 spiro atoms. The average molecular weight is 223 g/mol. The lowest BCUT2D eigenvalue weighted by atomic mass is 10.3. The molecule has 0 aliphatic carbocycles. The zero-order valence-electron chi connectivity index (χ0n) is 7.91. The van der Waals surface area contributed by atoms with E-state index in [1.165, 1.54) is 13.8 Å². The number of carboxylic acids is 1. The molecule has 0 radical (unpaired) electrons. The number of aromatic nitrogens is 3. The molecule has 1 aromatic heterocycles. The molecule has 0 saturated carbocycles. The summed E-state index contributed by atoms with van der Waals surface area (Å²) < 4.78 is 38.0. The van der Waals surface area contributed by atoms with Gasteiger partial charge in [0.15, 0.2) is 5.69 Å². The quantitative estimate of drug-likeness (QED) is 0.826. The van der Waals surface area contributed by atoms with Crippen molar-refractivity contribution >= 4 is 5.97 Å². The molecular weight excluding hydrogens is 215 g/mol. The van der Waals surface area contributed by atoms with Crippen LogP contribution in [-0.4, -0.2) is 26.1 Å². The van der Waals surface area contributed by atoms with Crippen molar-refractivity contribution < 1.29 is 23.1 Å². The van der Waals surface area contributed by atoms with E-state index < -0.39 is 29.6 Å². The van der Waals surface area contributed by atoms with E-state index in [-0.39, 0.29) is 0 Å². The van der Waals surface area contributed by atoms with Gasteiger partial charge in [0, 0.05) is 6.04 Å². The van der Waals surface area contributed by atoms with Gasteiger partial charge in [0.25, 0.3) is 0 Å². The highest BCUT2D eigenvalue weighted by molar-refractivity contribution is 5.86. The van der Waals surface area contributed by atoms with E-state index in [0.717, 1.165) is 0 Å². The van der Waals surface area contributed by atoms with Crippen LogP contribution in [0.5, 0.6) is 0 Å². The minimum absolute atomic E-state index is 0.545. The number of nitrogens with zero attached hydrogens (tertiary/aromatic N) is 3. The predicted octanol–water partition coefficient (Wildman–Crippen LogP) is 1.58. The van der Waals surface area contributed by atoms with Gasteiger partial charge in [-0.05, 0) is 13.8 Å². The number of hydrogen-bond acceptors (Lipinski definition) is 3. The maximum atomic E-state index is 12.5. The van der Waals surface area contributed by atoms with Crippen LogP contribution in [0.1, 0.15) is 36.1 Å². The van der Waals surface area contributed by atoms with E-state index in [2.05, 4.69) is 10.3 Å². The maximum Gasteiger partial charge on any atom is 0.435 e. The molecule has 0 aliphatic rings. The second kappa shape index (κ2) is 3.52. The Hall–Kier alpha value is -1.60. The molecule has 0 aromatic carbocycles. The Bertz CT molecular complexity index is 383. The van der Waals surface area contributed by atoms with Crippen LogP contribution in [0.2, 0.25) is 0 Å². The third-order valence-corrected chi connectivity index (χ3v) is 1.65. The predicted molar refractivity (Wildman–Crippen MR) is 42.4 cm³/mol. The molecule has 0 fully saturated rings. The normalized spacial score (nSPS) is 12.1. The first-order valence-corrected chi connectivity index (χ1v) is 4.00. The molecule has 15 heavy (non-hydrogen) atoms. The first-order chi connectivity index (χ1) is 6.75. The Morgan fingerprint density at radius 2 is 2.00 bits per heavy atom. The van der Waals surface area contributed by atoms with Gasteiger partial charge in [-0.2, -0.15) is 13.2 Å². The van der Waals surface area contributed by atoms with Crippen molar-refractivity contribution in [3.63, 3.8) is 0 Å². The fourth-order valence-electron chi connectivity index (χ4n) is 1.06. The summed E-state index contributed by atoms with van der Waals surface area (Å²) in [4.78, 5) is 10.5. The fraction of sp³-hybridized carbons (Fsp3) is 0.571. The van der Waals surface area contributed by atoms with Crippen molar-refractivity contribution in [3.8, 4) is 0 Å². The SMILES string of the molecule is CC(C)n1nnc(C(=O)O)c1C(F)(F)F. The van der Waals surface area contributed by atoms with Crippen LogP contribution < -0.4 is 0 Å². The summed E-state index contributed by atoms with van der Waals surface area (Å²) in [6.07, 6.45) is -4.78. The van der Waals surface area contributed by atoms with Crippen LogP contribution in [0.4, 0.5) is 13.2 Å². The molecule has 0 bridgehead atoms. The van der Waals surface area contributed by atoms with Gasteiger partial charge < -0.3 is 5.11 Å². The Balaban J connectivity index is 3.40. The lowest BCUT2D eigenvalue weighted by molar-refractivity contribution is -0.145. The van der Waals surface area contributed by atoms with E-state index in [9.17, 15) is 18.0 Å². The summed E-state index contributed by atoms with van der Waals surface area (Å²) in [5, 5.41) is 14.7. The standard InChI is InChI=1S/C7H8F3N3O2/c1-3(2)13-5(7(8,9)10)4(6(14)15)11-12-13/h3H,1-2H3,(H,14,15). The average Bonchev–Trinajstić information content (AvgIpc) is 2.45. The number of halogens is 3. The summed E-state index contributed by atoms with van der Waals surface area (Å²) in [6, 6.07) is -0.609. The molecule has 84 valence electrons. The number of alkyl halides is 3. The van der Waals surface area contributed by atoms with Crippen LogP contribution in [0.3, 0.4) is 0 Å². The van der Waals surface area contributed by atoms with Crippen molar-refractivity contribution in [1.82, 2.24) is 15.0 Å². The Labute approximate surface area is 82.5 Å². The number of hydrogen-bond donors (Lipinski definition) is 1. The van der Waals surface area contributed by atoms with Crippen molar-refractivity contribution in [2.24, 2.45) is 0 Å². The molecule has 0 amide bonds. The first kappa shape index (κ1) is 11.5. The van der Waals surface area contributed by atoms with Crippen molar-refractivity contribution in [3.05, 3.63) is 11.4 Å². The second-order valence-electron chi connectivity index (χ2n) is 3.13. The van der Waals surface area contributed by atoms with E-state index in [0.29, 0.717) is 4.68 Å². The van der Waals surface area contributed by atoms with Crippen molar-refractivity contribution in [1.29, 1.82) is 0 Å². The van der Waals surface area contributed by atoms with Gasteiger partial charge in [0.1, 0.15) is 0 Å². The lowest BCUT2D eigenvalue weighted by Crippen LogP contribution is -2.19. The summed E-state index contributed by atoms with van der Waals surface area (Å²) in [5.74, 6) is -1.74. The zero-order valence-corrected chi connectivity index (χ0v) is 7.91. The van der Waals surface area contributed by atoms with Gasteiger partial charge in [-0.15, -0.1) is 5.10 Å². The minimum atomic E-state index is -4.78. The Morgan fingerprint density at radius 1 is 1.47 bits per heavy atom. The topological polar surface area (TPSA) is 68.0 Å². The molecule has 0 saturated heterocycles. The lowest BCUT2D eigenvalue weighted by Gasteiger charge is -2.12. The number of aromatic carboxylic acids is 1. The number of carboxylic acid groups (broad SMARTS) is 1. The summed E-state index contributed by atoms with van der Waals surface area (Å²) in [6.45, 7) is 2.91. The van der Waals surface area contributed by atoms with Crippen LogP contribution in [0.15, 0.2) is 0 Å². The highest BCUT2D eigenvalue weighted by atomic mass is 19.4. The van der Waals surface area contributed by atoms with Crippen molar-refractivity contribution in [2.75, 3.05) is 0 Å². The van der Waals surface area contributed by atoms with Crippen LogP contribution in [-0.2, 0) is 6.18 Å². The van der Waals surface area contributed by atoms with E-state index in [1.807, 2.05) is 0 Å². The molecule has 1 heterocycles. The van der Waals surface area contributed by atoms with Gasteiger partial charge in [-0.25, -0.2) is 9.48 Å². The van der Waals surface area contributed by atoms with Gasteiger partial charge in [-0.1, -0.05) is 5.21 Å². The summed E-state index contributed by atoms with van der Waals surface area (Å²) in [5.41, 5.74) is -2.40. The van der Waals surface area contributed by atoms with Crippen LogP contribution >= 0.6 is 0 Å². The minimum Gasteiger partial charge on any atom is -0.476 e.